The minimum absolute atomic E-state index is 0.615. The Kier molecular flexibility index (Phi) is 4.62. The van der Waals surface area contributed by atoms with Gasteiger partial charge in [-0.05, 0) is 20.9 Å². The van der Waals surface area contributed by atoms with Gasteiger partial charge in [-0.1, -0.05) is 0 Å². The summed E-state index contributed by atoms with van der Waals surface area (Å²) in [6.45, 7) is 7.36. The smallest absolute Gasteiger partial charge is 0.0922 e. The quantitative estimate of drug-likeness (QED) is 0.663. The van der Waals surface area contributed by atoms with Crippen LogP contribution in [0, 0.1) is 0 Å². The van der Waals surface area contributed by atoms with Crippen LogP contribution in [-0.2, 0) is 6.54 Å². The fourth-order valence-corrected chi connectivity index (χ4v) is 1.12. The molecule has 0 saturated heterocycles. The fourth-order valence-electron chi connectivity index (χ4n) is 1.12. The number of rotatable bonds is 6. The lowest BCUT2D eigenvalue weighted by atomic mass is 10.3. The van der Waals surface area contributed by atoms with Crippen molar-refractivity contribution in [2.45, 2.75) is 26.4 Å². The zero-order chi connectivity index (χ0) is 10.4. The molecule has 0 aliphatic rings. The molecule has 2 N–H and O–H groups in total. The SMILES string of the molecule is CC(C)N(C)CCNCc1cnc[nH]1. The fraction of sp³-hybridized carbons (Fsp3) is 0.700. The molecule has 4 heteroatoms. The summed E-state index contributed by atoms with van der Waals surface area (Å²) in [4.78, 5) is 9.34. The molecule has 1 aromatic heterocycles. The molecule has 0 spiro atoms. The van der Waals surface area contributed by atoms with Crippen LogP contribution in [0.2, 0.25) is 0 Å². The van der Waals surface area contributed by atoms with E-state index in [1.165, 1.54) is 0 Å². The van der Waals surface area contributed by atoms with E-state index in [2.05, 4.69) is 41.1 Å². The van der Waals surface area contributed by atoms with Gasteiger partial charge in [-0.15, -0.1) is 0 Å². The van der Waals surface area contributed by atoms with Crippen molar-refractivity contribution in [1.82, 2.24) is 20.2 Å². The van der Waals surface area contributed by atoms with Crippen LogP contribution >= 0.6 is 0 Å². The van der Waals surface area contributed by atoms with Gasteiger partial charge in [0.15, 0.2) is 0 Å². The van der Waals surface area contributed by atoms with Crippen molar-refractivity contribution in [3.63, 3.8) is 0 Å². The predicted octanol–water partition coefficient (Wildman–Crippen LogP) is 0.839. The zero-order valence-corrected chi connectivity index (χ0v) is 9.25. The highest BCUT2D eigenvalue weighted by atomic mass is 15.1. The first-order valence-electron chi connectivity index (χ1n) is 5.08. The van der Waals surface area contributed by atoms with Gasteiger partial charge in [0.1, 0.15) is 0 Å². The molecular weight excluding hydrogens is 176 g/mol. The summed E-state index contributed by atoms with van der Waals surface area (Å²) < 4.78 is 0. The van der Waals surface area contributed by atoms with E-state index in [4.69, 9.17) is 0 Å². The Morgan fingerprint density at radius 3 is 2.93 bits per heavy atom. The third-order valence-corrected chi connectivity index (χ3v) is 2.39. The summed E-state index contributed by atoms with van der Waals surface area (Å²) in [6.07, 6.45) is 3.55. The molecule has 0 saturated carbocycles. The lowest BCUT2D eigenvalue weighted by Gasteiger charge is -2.20. The largest absolute Gasteiger partial charge is 0.347 e. The molecule has 0 fully saturated rings. The molecule has 0 amide bonds. The van der Waals surface area contributed by atoms with Gasteiger partial charge in [0.2, 0.25) is 0 Å². The Hall–Kier alpha value is -0.870. The van der Waals surface area contributed by atoms with Crippen molar-refractivity contribution >= 4 is 0 Å². The Morgan fingerprint density at radius 2 is 2.36 bits per heavy atom. The molecular formula is C10H20N4. The monoisotopic (exact) mass is 196 g/mol. The first-order valence-corrected chi connectivity index (χ1v) is 5.08. The number of likely N-dealkylation sites (N-methyl/N-ethyl adjacent to an activating group) is 1. The molecule has 0 unspecified atom stereocenters. The summed E-state index contributed by atoms with van der Waals surface area (Å²) in [6, 6.07) is 0.615. The molecule has 4 nitrogen and oxygen atoms in total. The van der Waals surface area contributed by atoms with Crippen molar-refractivity contribution in [3.05, 3.63) is 18.2 Å². The molecule has 14 heavy (non-hydrogen) atoms. The number of aromatic nitrogens is 2. The summed E-state index contributed by atoms with van der Waals surface area (Å²) in [5.74, 6) is 0. The molecule has 0 radical (unpaired) electrons. The topological polar surface area (TPSA) is 44.0 Å². The first kappa shape index (κ1) is 11.2. The lowest BCUT2D eigenvalue weighted by molar-refractivity contribution is 0.273. The maximum absolute atomic E-state index is 3.96. The summed E-state index contributed by atoms with van der Waals surface area (Å²) in [7, 11) is 2.14. The maximum atomic E-state index is 3.96. The summed E-state index contributed by atoms with van der Waals surface area (Å²) >= 11 is 0. The predicted molar refractivity (Wildman–Crippen MR) is 58.1 cm³/mol. The number of aromatic amines is 1. The molecule has 0 aliphatic heterocycles. The Bertz CT molecular complexity index is 230. The molecule has 0 bridgehead atoms. The molecule has 1 aromatic rings. The average Bonchev–Trinajstić information content (AvgIpc) is 2.64. The lowest BCUT2D eigenvalue weighted by Crippen LogP contribution is -2.33. The maximum Gasteiger partial charge on any atom is 0.0922 e. The normalized spacial score (nSPS) is 11.5. The summed E-state index contributed by atoms with van der Waals surface area (Å²) in [5.41, 5.74) is 1.14. The van der Waals surface area contributed by atoms with Gasteiger partial charge < -0.3 is 15.2 Å². The van der Waals surface area contributed by atoms with Crippen molar-refractivity contribution in [1.29, 1.82) is 0 Å². The van der Waals surface area contributed by atoms with E-state index >= 15 is 0 Å². The molecule has 1 heterocycles. The van der Waals surface area contributed by atoms with E-state index < -0.39 is 0 Å². The second-order valence-corrected chi connectivity index (χ2v) is 3.83. The van der Waals surface area contributed by atoms with E-state index in [-0.39, 0.29) is 0 Å². The highest BCUT2D eigenvalue weighted by molar-refractivity contribution is 4.92. The highest BCUT2D eigenvalue weighted by Crippen LogP contribution is 1.92. The van der Waals surface area contributed by atoms with Crippen molar-refractivity contribution in [3.8, 4) is 0 Å². The Balaban J connectivity index is 2.05. The molecule has 0 aliphatic carbocycles. The Labute approximate surface area is 85.7 Å². The standard InChI is InChI=1S/C10H20N4/c1-9(2)14(3)5-4-11-6-10-7-12-8-13-10/h7-9,11H,4-6H2,1-3H3,(H,12,13). The molecule has 0 aromatic carbocycles. The van der Waals surface area contributed by atoms with Crippen LogP contribution in [0.3, 0.4) is 0 Å². The van der Waals surface area contributed by atoms with E-state index in [0.717, 1.165) is 25.3 Å². The van der Waals surface area contributed by atoms with Crippen LogP contribution < -0.4 is 5.32 Å². The van der Waals surface area contributed by atoms with Crippen molar-refractivity contribution in [2.24, 2.45) is 0 Å². The molecule has 1 rings (SSSR count). The third kappa shape index (κ3) is 3.89. The van der Waals surface area contributed by atoms with E-state index in [9.17, 15) is 0 Å². The van der Waals surface area contributed by atoms with E-state index in [1.807, 2.05) is 6.20 Å². The number of nitrogens with zero attached hydrogens (tertiary/aromatic N) is 2. The number of H-pyrrole nitrogens is 1. The average molecular weight is 196 g/mol. The van der Waals surface area contributed by atoms with Crippen LogP contribution in [0.15, 0.2) is 12.5 Å². The van der Waals surface area contributed by atoms with Gasteiger partial charge in [0, 0.05) is 37.6 Å². The van der Waals surface area contributed by atoms with Crippen molar-refractivity contribution in [2.75, 3.05) is 20.1 Å². The van der Waals surface area contributed by atoms with Gasteiger partial charge >= 0.3 is 0 Å². The third-order valence-electron chi connectivity index (χ3n) is 2.39. The second kappa shape index (κ2) is 5.78. The molecule has 80 valence electrons. The van der Waals surface area contributed by atoms with Crippen LogP contribution in [0.4, 0.5) is 0 Å². The van der Waals surface area contributed by atoms with Gasteiger partial charge in [-0.3, -0.25) is 0 Å². The van der Waals surface area contributed by atoms with Crippen LogP contribution in [0.25, 0.3) is 0 Å². The van der Waals surface area contributed by atoms with Gasteiger partial charge in [0.05, 0.1) is 6.33 Å². The van der Waals surface area contributed by atoms with Crippen LogP contribution in [0.5, 0.6) is 0 Å². The number of nitrogens with one attached hydrogen (secondary N) is 2. The zero-order valence-electron chi connectivity index (χ0n) is 9.25. The first-order chi connectivity index (χ1) is 6.70. The van der Waals surface area contributed by atoms with Crippen LogP contribution in [-0.4, -0.2) is 41.0 Å². The van der Waals surface area contributed by atoms with Crippen LogP contribution in [0.1, 0.15) is 19.5 Å². The van der Waals surface area contributed by atoms with Gasteiger partial charge in [-0.2, -0.15) is 0 Å². The number of hydrogen-bond donors (Lipinski definition) is 2. The van der Waals surface area contributed by atoms with Gasteiger partial charge in [-0.25, -0.2) is 4.98 Å². The highest BCUT2D eigenvalue weighted by Gasteiger charge is 2.01. The number of imidazole rings is 1. The van der Waals surface area contributed by atoms with E-state index in [0.29, 0.717) is 6.04 Å². The second-order valence-electron chi connectivity index (χ2n) is 3.83. The number of hydrogen-bond acceptors (Lipinski definition) is 3. The summed E-state index contributed by atoms with van der Waals surface area (Å²) in [5, 5.41) is 3.36. The minimum Gasteiger partial charge on any atom is -0.347 e. The Morgan fingerprint density at radius 1 is 1.57 bits per heavy atom. The van der Waals surface area contributed by atoms with Crippen molar-refractivity contribution < 1.29 is 0 Å². The minimum atomic E-state index is 0.615. The van der Waals surface area contributed by atoms with Gasteiger partial charge in [0.25, 0.3) is 0 Å². The van der Waals surface area contributed by atoms with E-state index in [1.54, 1.807) is 6.33 Å². The molecule has 0 atom stereocenters.